The van der Waals surface area contributed by atoms with E-state index in [0.29, 0.717) is 17.9 Å². The number of fused-ring (bicyclic) bond motifs is 1. The molecule has 0 fully saturated rings. The molecule has 6 nitrogen and oxygen atoms in total. The summed E-state index contributed by atoms with van der Waals surface area (Å²) in [6.07, 6.45) is 5.33. The van der Waals surface area contributed by atoms with Crippen LogP contribution in [0, 0.1) is 0 Å². The van der Waals surface area contributed by atoms with Crippen molar-refractivity contribution in [3.63, 3.8) is 0 Å². The molecule has 0 amide bonds. The lowest BCUT2D eigenvalue weighted by Gasteiger charge is -2.11. The fraction of sp³-hybridized carbons (Fsp3) is 0.235. The van der Waals surface area contributed by atoms with Crippen LogP contribution in [0.4, 0.5) is 5.82 Å². The second-order valence-electron chi connectivity index (χ2n) is 5.55. The molecule has 24 heavy (non-hydrogen) atoms. The molecule has 7 heteroatoms. The summed E-state index contributed by atoms with van der Waals surface area (Å²) in [7, 11) is 0. The number of carbonyl (C=O) groups excluding carboxylic acids is 1. The van der Waals surface area contributed by atoms with E-state index in [9.17, 15) is 4.79 Å². The molecular formula is C17H17BrN4O2. The van der Waals surface area contributed by atoms with E-state index in [4.69, 9.17) is 4.74 Å². The molecule has 124 valence electrons. The predicted octanol–water partition coefficient (Wildman–Crippen LogP) is 3.67. The first kappa shape index (κ1) is 16.4. The van der Waals surface area contributed by atoms with Gasteiger partial charge in [0, 0.05) is 23.1 Å². The fourth-order valence-corrected chi connectivity index (χ4v) is 2.62. The molecule has 3 heterocycles. The largest absolute Gasteiger partial charge is 0.459 e. The van der Waals surface area contributed by atoms with Crippen molar-refractivity contribution in [1.82, 2.24) is 14.4 Å². The van der Waals surface area contributed by atoms with Gasteiger partial charge in [0.2, 0.25) is 0 Å². The van der Waals surface area contributed by atoms with Gasteiger partial charge in [0.15, 0.2) is 0 Å². The Labute approximate surface area is 148 Å². The van der Waals surface area contributed by atoms with Crippen molar-refractivity contribution in [1.29, 1.82) is 0 Å². The summed E-state index contributed by atoms with van der Waals surface area (Å²) in [6.45, 7) is 4.09. The number of nitrogens with one attached hydrogen (secondary N) is 1. The van der Waals surface area contributed by atoms with Gasteiger partial charge >= 0.3 is 5.97 Å². The molecule has 0 aliphatic heterocycles. The molecule has 0 saturated carbocycles. The van der Waals surface area contributed by atoms with Crippen molar-refractivity contribution in [3.8, 4) is 0 Å². The van der Waals surface area contributed by atoms with Crippen LogP contribution in [0.25, 0.3) is 5.65 Å². The molecule has 1 N–H and O–H groups in total. The highest BCUT2D eigenvalue weighted by molar-refractivity contribution is 9.10. The highest BCUT2D eigenvalue weighted by atomic mass is 79.9. The smallest absolute Gasteiger partial charge is 0.342 e. The summed E-state index contributed by atoms with van der Waals surface area (Å²) in [6, 6.07) is 7.28. The van der Waals surface area contributed by atoms with E-state index in [2.05, 4.69) is 31.2 Å². The summed E-state index contributed by atoms with van der Waals surface area (Å²) >= 11 is 3.44. The monoisotopic (exact) mass is 388 g/mol. The average Bonchev–Trinajstić information content (AvgIpc) is 2.94. The minimum absolute atomic E-state index is 0.178. The Bertz CT molecular complexity index is 876. The Morgan fingerprint density at radius 2 is 2.17 bits per heavy atom. The molecular weight excluding hydrogens is 372 g/mol. The Morgan fingerprint density at radius 3 is 2.96 bits per heavy atom. The zero-order valence-electron chi connectivity index (χ0n) is 13.4. The molecule has 0 saturated heterocycles. The topological polar surface area (TPSA) is 68.5 Å². The number of carbonyl (C=O) groups is 1. The van der Waals surface area contributed by atoms with Gasteiger partial charge in [-0.15, -0.1) is 0 Å². The van der Waals surface area contributed by atoms with Crippen LogP contribution >= 0.6 is 15.9 Å². The lowest BCUT2D eigenvalue weighted by molar-refractivity contribution is 0.0378. The van der Waals surface area contributed by atoms with Crippen molar-refractivity contribution >= 4 is 33.4 Å². The Kier molecular flexibility index (Phi) is 4.80. The number of ether oxygens (including phenoxy) is 1. The maximum atomic E-state index is 12.1. The van der Waals surface area contributed by atoms with Gasteiger partial charge < -0.3 is 14.5 Å². The molecule has 3 aromatic rings. The molecule has 0 unspecified atom stereocenters. The molecule has 0 atom stereocenters. The highest BCUT2D eigenvalue weighted by Crippen LogP contribution is 2.16. The predicted molar refractivity (Wildman–Crippen MR) is 95.0 cm³/mol. The number of pyridine rings is 2. The zero-order chi connectivity index (χ0) is 17.1. The third-order valence-corrected chi connectivity index (χ3v) is 3.74. The number of hydrogen-bond acceptors (Lipinski definition) is 5. The van der Waals surface area contributed by atoms with Crippen LogP contribution in [0.3, 0.4) is 0 Å². The number of imidazole rings is 1. The highest BCUT2D eigenvalue weighted by Gasteiger charge is 2.15. The van der Waals surface area contributed by atoms with Gasteiger partial charge in [-0.3, -0.25) is 0 Å². The maximum Gasteiger partial charge on any atom is 0.342 e. The van der Waals surface area contributed by atoms with Gasteiger partial charge in [-0.1, -0.05) is 0 Å². The second kappa shape index (κ2) is 7.00. The molecule has 0 spiro atoms. The lowest BCUT2D eigenvalue weighted by Crippen LogP contribution is -2.15. The van der Waals surface area contributed by atoms with Gasteiger partial charge in [0.05, 0.1) is 18.3 Å². The molecule has 3 rings (SSSR count). The third-order valence-electron chi connectivity index (χ3n) is 3.27. The second-order valence-corrected chi connectivity index (χ2v) is 6.47. The van der Waals surface area contributed by atoms with Gasteiger partial charge in [0.1, 0.15) is 17.0 Å². The maximum absolute atomic E-state index is 12.1. The van der Waals surface area contributed by atoms with E-state index in [1.165, 1.54) is 0 Å². The van der Waals surface area contributed by atoms with E-state index < -0.39 is 0 Å². The van der Waals surface area contributed by atoms with Crippen LogP contribution in [0.1, 0.15) is 29.9 Å². The fourth-order valence-electron chi connectivity index (χ4n) is 2.27. The van der Waals surface area contributed by atoms with Gasteiger partial charge in [-0.25, -0.2) is 14.8 Å². The molecule has 0 aromatic carbocycles. The summed E-state index contributed by atoms with van der Waals surface area (Å²) in [4.78, 5) is 20.9. The Balaban J connectivity index is 1.77. The van der Waals surface area contributed by atoms with Crippen LogP contribution in [0.2, 0.25) is 0 Å². The van der Waals surface area contributed by atoms with Gasteiger partial charge in [-0.2, -0.15) is 0 Å². The van der Waals surface area contributed by atoms with Gasteiger partial charge in [0.25, 0.3) is 0 Å². The summed E-state index contributed by atoms with van der Waals surface area (Å²) in [5, 5.41) is 3.16. The number of anilines is 1. The van der Waals surface area contributed by atoms with Crippen LogP contribution in [0.15, 0.2) is 47.3 Å². The number of nitrogens with zero attached hydrogens (tertiary/aromatic N) is 3. The molecule has 0 bridgehead atoms. The first-order chi connectivity index (χ1) is 11.5. The zero-order valence-corrected chi connectivity index (χ0v) is 14.9. The van der Waals surface area contributed by atoms with Crippen molar-refractivity contribution in [2.45, 2.75) is 26.5 Å². The van der Waals surface area contributed by atoms with Crippen molar-refractivity contribution in [2.24, 2.45) is 0 Å². The Morgan fingerprint density at radius 1 is 1.33 bits per heavy atom. The van der Waals surface area contributed by atoms with Crippen LogP contribution in [-0.2, 0) is 11.3 Å². The van der Waals surface area contributed by atoms with Crippen molar-refractivity contribution < 1.29 is 9.53 Å². The number of halogens is 1. The van der Waals surface area contributed by atoms with Crippen LogP contribution in [0.5, 0.6) is 0 Å². The summed E-state index contributed by atoms with van der Waals surface area (Å²) in [5.41, 5.74) is 2.12. The Hall–Kier alpha value is -2.41. The van der Waals surface area contributed by atoms with Gasteiger partial charge in [-0.05, 0) is 54.0 Å². The number of hydrogen-bond donors (Lipinski definition) is 1. The molecule has 0 aliphatic carbocycles. The average molecular weight is 389 g/mol. The summed E-state index contributed by atoms with van der Waals surface area (Å²) in [5.74, 6) is 0.0981. The number of rotatable bonds is 5. The van der Waals surface area contributed by atoms with Crippen LogP contribution in [-0.4, -0.2) is 26.4 Å². The summed E-state index contributed by atoms with van der Waals surface area (Å²) < 4.78 is 8.17. The quantitative estimate of drug-likeness (QED) is 0.675. The lowest BCUT2D eigenvalue weighted by atomic mass is 10.2. The first-order valence-corrected chi connectivity index (χ1v) is 8.35. The molecule has 0 aliphatic rings. The van der Waals surface area contributed by atoms with E-state index in [1.807, 2.05) is 42.8 Å². The minimum atomic E-state index is -0.389. The van der Waals surface area contributed by atoms with E-state index >= 15 is 0 Å². The minimum Gasteiger partial charge on any atom is -0.459 e. The van der Waals surface area contributed by atoms with Crippen LogP contribution < -0.4 is 5.32 Å². The standard InChI is InChI=1S/C17H17BrN4O2/c1-11(2)24-17(23)14-4-3-7-19-16(14)20-8-13-10-22-9-12(18)5-6-15(22)21-13/h3-7,9-11H,8H2,1-2H3,(H,19,20). The van der Waals surface area contributed by atoms with Crippen molar-refractivity contribution in [3.05, 3.63) is 58.6 Å². The normalized spacial score (nSPS) is 11.0. The van der Waals surface area contributed by atoms with E-state index in [-0.39, 0.29) is 12.1 Å². The van der Waals surface area contributed by atoms with E-state index in [0.717, 1.165) is 15.8 Å². The van der Waals surface area contributed by atoms with E-state index in [1.54, 1.807) is 18.3 Å². The molecule has 0 radical (unpaired) electrons. The van der Waals surface area contributed by atoms with Crippen molar-refractivity contribution in [2.75, 3.05) is 5.32 Å². The number of aromatic nitrogens is 3. The first-order valence-electron chi connectivity index (χ1n) is 7.56. The number of esters is 1. The third kappa shape index (κ3) is 3.73. The molecule has 3 aromatic heterocycles. The SMILES string of the molecule is CC(C)OC(=O)c1cccnc1NCc1cn2cc(Br)ccc2n1.